The molecule has 3 aromatic rings. The number of aliphatic hydroxyl groups excluding tert-OH is 1. The lowest BCUT2D eigenvalue weighted by molar-refractivity contribution is 0.0870. The molecule has 7 heteroatoms. The highest BCUT2D eigenvalue weighted by Gasteiger charge is 2.18. The molecule has 0 aliphatic rings. The summed E-state index contributed by atoms with van der Waals surface area (Å²) < 4.78 is 5.00. The molecule has 3 rings (SSSR count). The summed E-state index contributed by atoms with van der Waals surface area (Å²) in [7, 11) is 0. The van der Waals surface area contributed by atoms with Gasteiger partial charge in [0.25, 0.3) is 0 Å². The Balaban J connectivity index is 1.82. The largest absolute Gasteiger partial charge is 0.394 e. The predicted molar refractivity (Wildman–Crippen MR) is 80.2 cm³/mol. The second-order valence-corrected chi connectivity index (χ2v) is 4.96. The van der Waals surface area contributed by atoms with Gasteiger partial charge in [-0.15, -0.1) is 0 Å². The lowest BCUT2D eigenvalue weighted by atomic mass is 10.1. The molecule has 0 aliphatic heterocycles. The average molecular weight is 300 g/mol. The number of carbonyl (C=O) groups is 1. The first-order valence-corrected chi connectivity index (χ1v) is 7.04. The second-order valence-electron chi connectivity index (χ2n) is 4.96. The fraction of sp³-hybridized carbons (Fsp3) is 0.267. The molecule has 1 atom stereocenters. The van der Waals surface area contributed by atoms with Crippen molar-refractivity contribution >= 4 is 16.8 Å². The molecule has 1 aromatic carbocycles. The summed E-state index contributed by atoms with van der Waals surface area (Å²) in [5, 5.41) is 16.6. The minimum Gasteiger partial charge on any atom is -0.394 e. The Kier molecular flexibility index (Phi) is 3.88. The van der Waals surface area contributed by atoms with Crippen molar-refractivity contribution in [2.45, 2.75) is 19.4 Å². The molecule has 2 heterocycles. The number of rotatable bonds is 5. The summed E-state index contributed by atoms with van der Waals surface area (Å²) in [4.78, 5) is 19.2. The van der Waals surface area contributed by atoms with Crippen LogP contribution in [0.25, 0.3) is 22.3 Å². The Morgan fingerprint density at radius 2 is 2.32 bits per heavy atom. The van der Waals surface area contributed by atoms with Gasteiger partial charge < -0.3 is 19.9 Å². The number of nitrogens with zero attached hydrogens (tertiary/aromatic N) is 2. The summed E-state index contributed by atoms with van der Waals surface area (Å²) in [6.07, 6.45) is 2.47. The molecule has 3 N–H and O–H groups in total. The first kappa shape index (κ1) is 14.3. The van der Waals surface area contributed by atoms with Crippen molar-refractivity contribution in [3.63, 3.8) is 0 Å². The van der Waals surface area contributed by atoms with Gasteiger partial charge in [-0.1, -0.05) is 12.1 Å². The van der Waals surface area contributed by atoms with Gasteiger partial charge >= 0.3 is 11.8 Å². The Labute approximate surface area is 126 Å². The number of hydrogen-bond donors (Lipinski definition) is 3. The minimum absolute atomic E-state index is 0.115. The number of H-pyrrole nitrogens is 1. The molecule has 1 amide bonds. The molecule has 0 aliphatic carbocycles. The van der Waals surface area contributed by atoms with E-state index in [9.17, 15) is 4.79 Å². The zero-order chi connectivity index (χ0) is 15.5. The highest BCUT2D eigenvalue weighted by molar-refractivity contribution is 5.90. The molecule has 114 valence electrons. The van der Waals surface area contributed by atoms with E-state index in [4.69, 9.17) is 9.63 Å². The maximum absolute atomic E-state index is 12.0. The van der Waals surface area contributed by atoms with Gasteiger partial charge in [0, 0.05) is 22.7 Å². The molecular formula is C15H16N4O3. The first-order valence-electron chi connectivity index (χ1n) is 7.04. The third kappa shape index (κ3) is 2.71. The first-order chi connectivity index (χ1) is 10.7. The molecule has 7 nitrogen and oxygen atoms in total. The summed E-state index contributed by atoms with van der Waals surface area (Å²) in [5.74, 6) is -0.247. The number of hydrogen-bond acceptors (Lipinski definition) is 5. The molecule has 0 radical (unpaired) electrons. The molecule has 22 heavy (non-hydrogen) atoms. The van der Waals surface area contributed by atoms with E-state index in [1.807, 2.05) is 37.4 Å². The molecule has 0 spiro atoms. The summed E-state index contributed by atoms with van der Waals surface area (Å²) >= 11 is 0. The van der Waals surface area contributed by atoms with Gasteiger partial charge in [-0.3, -0.25) is 4.79 Å². The van der Waals surface area contributed by atoms with Crippen LogP contribution in [0.3, 0.4) is 0 Å². The lowest BCUT2D eigenvalue weighted by Crippen LogP contribution is -2.37. The summed E-state index contributed by atoms with van der Waals surface area (Å²) in [6.45, 7) is 1.74. The average Bonchev–Trinajstić information content (AvgIpc) is 3.20. The van der Waals surface area contributed by atoms with E-state index in [1.54, 1.807) is 0 Å². The van der Waals surface area contributed by atoms with Crippen molar-refractivity contribution in [3.05, 3.63) is 36.4 Å². The lowest BCUT2D eigenvalue weighted by Gasteiger charge is -2.11. The van der Waals surface area contributed by atoms with E-state index in [1.165, 1.54) is 0 Å². The maximum atomic E-state index is 12.0. The summed E-state index contributed by atoms with van der Waals surface area (Å²) in [5.41, 5.74) is 1.78. The fourth-order valence-corrected chi connectivity index (χ4v) is 2.15. The summed E-state index contributed by atoms with van der Waals surface area (Å²) in [6, 6.07) is 7.31. The normalized spacial score (nSPS) is 12.5. The molecule has 0 unspecified atom stereocenters. The molecule has 0 saturated carbocycles. The number of fused-ring (bicyclic) bond motifs is 1. The van der Waals surface area contributed by atoms with Crippen LogP contribution in [0.5, 0.6) is 0 Å². The second kappa shape index (κ2) is 5.98. The Morgan fingerprint density at radius 1 is 1.45 bits per heavy atom. The highest BCUT2D eigenvalue weighted by atomic mass is 16.5. The van der Waals surface area contributed by atoms with Gasteiger partial charge in [-0.05, 0) is 30.7 Å². The zero-order valence-corrected chi connectivity index (χ0v) is 12.0. The molecule has 0 saturated heterocycles. The van der Waals surface area contributed by atoms with Crippen molar-refractivity contribution in [3.8, 4) is 11.4 Å². The number of carbonyl (C=O) groups excluding carboxylic acids is 1. The quantitative estimate of drug-likeness (QED) is 0.665. The van der Waals surface area contributed by atoms with Gasteiger partial charge in [0.15, 0.2) is 0 Å². The standard InChI is InChI=1S/C15H16N4O3/c1-2-11(8-20)17-14(21)15-18-13(19-22-15)10-3-4-12-9(7-10)5-6-16-12/h3-7,11,16,20H,2,8H2,1H3,(H,17,21)/t11-/m0/s1. The Morgan fingerprint density at radius 3 is 3.09 bits per heavy atom. The smallest absolute Gasteiger partial charge is 0.316 e. The number of aliphatic hydroxyl groups is 1. The van der Waals surface area contributed by atoms with E-state index >= 15 is 0 Å². The van der Waals surface area contributed by atoms with Gasteiger partial charge in [0.1, 0.15) is 0 Å². The Bertz CT molecular complexity index is 789. The van der Waals surface area contributed by atoms with Crippen LogP contribution in [-0.2, 0) is 0 Å². The van der Waals surface area contributed by atoms with Crippen LogP contribution in [0.2, 0.25) is 0 Å². The van der Waals surface area contributed by atoms with Crippen molar-refractivity contribution in [2.24, 2.45) is 0 Å². The van der Waals surface area contributed by atoms with Gasteiger partial charge in [-0.25, -0.2) is 0 Å². The van der Waals surface area contributed by atoms with Crippen LogP contribution in [0.4, 0.5) is 0 Å². The van der Waals surface area contributed by atoms with E-state index in [0.29, 0.717) is 12.2 Å². The SMILES string of the molecule is CC[C@@H](CO)NC(=O)c1nc(-c2ccc3[nH]ccc3c2)no1. The van der Waals surface area contributed by atoms with Crippen LogP contribution in [0.15, 0.2) is 35.0 Å². The topological polar surface area (TPSA) is 104 Å². The molecule has 0 bridgehead atoms. The van der Waals surface area contributed by atoms with Crippen molar-refractivity contribution in [1.82, 2.24) is 20.4 Å². The van der Waals surface area contributed by atoms with E-state index in [0.717, 1.165) is 16.5 Å². The van der Waals surface area contributed by atoms with Crippen LogP contribution < -0.4 is 5.32 Å². The molecule has 2 aromatic heterocycles. The van der Waals surface area contributed by atoms with Crippen molar-refractivity contribution < 1.29 is 14.4 Å². The van der Waals surface area contributed by atoms with Crippen molar-refractivity contribution in [1.29, 1.82) is 0 Å². The van der Waals surface area contributed by atoms with Crippen molar-refractivity contribution in [2.75, 3.05) is 6.61 Å². The van der Waals surface area contributed by atoms with Crippen LogP contribution in [0, 0.1) is 0 Å². The number of aromatic nitrogens is 3. The van der Waals surface area contributed by atoms with Crippen LogP contribution >= 0.6 is 0 Å². The highest BCUT2D eigenvalue weighted by Crippen LogP contribution is 2.21. The van der Waals surface area contributed by atoms with Gasteiger partial charge in [-0.2, -0.15) is 4.98 Å². The minimum atomic E-state index is -0.484. The monoisotopic (exact) mass is 300 g/mol. The van der Waals surface area contributed by atoms with E-state index in [2.05, 4.69) is 20.4 Å². The molecule has 0 fully saturated rings. The molecular weight excluding hydrogens is 284 g/mol. The zero-order valence-electron chi connectivity index (χ0n) is 12.0. The third-order valence-corrected chi connectivity index (χ3v) is 3.48. The predicted octanol–water partition coefficient (Wildman–Crippen LogP) is 1.72. The maximum Gasteiger partial charge on any atom is 0.316 e. The van der Waals surface area contributed by atoms with E-state index in [-0.39, 0.29) is 18.5 Å². The Hall–Kier alpha value is -2.67. The number of amides is 1. The number of nitrogens with one attached hydrogen (secondary N) is 2. The fourth-order valence-electron chi connectivity index (χ4n) is 2.15. The van der Waals surface area contributed by atoms with Gasteiger partial charge in [0.2, 0.25) is 5.82 Å². The number of aromatic amines is 1. The van der Waals surface area contributed by atoms with Crippen LogP contribution in [0.1, 0.15) is 24.0 Å². The third-order valence-electron chi connectivity index (χ3n) is 3.48. The number of benzene rings is 1. The van der Waals surface area contributed by atoms with Crippen LogP contribution in [-0.4, -0.2) is 38.8 Å². The van der Waals surface area contributed by atoms with Gasteiger partial charge in [0.05, 0.1) is 12.6 Å². The van der Waals surface area contributed by atoms with E-state index < -0.39 is 5.91 Å².